The van der Waals surface area contributed by atoms with E-state index >= 15 is 0 Å². The van der Waals surface area contributed by atoms with Gasteiger partial charge < -0.3 is 35.9 Å². The van der Waals surface area contributed by atoms with Crippen LogP contribution in [0.3, 0.4) is 0 Å². The van der Waals surface area contributed by atoms with Crippen LogP contribution in [0.1, 0.15) is 76.9 Å². The van der Waals surface area contributed by atoms with Crippen LogP contribution in [-0.2, 0) is 14.4 Å². The highest BCUT2D eigenvalue weighted by molar-refractivity contribution is 5.96. The van der Waals surface area contributed by atoms with Crippen LogP contribution in [0.4, 0.5) is 5.69 Å². The molecule has 1 aromatic carbocycles. The molecule has 3 saturated carbocycles. The molecular formula is C30H40N3O8-. The van der Waals surface area contributed by atoms with E-state index in [2.05, 4.69) is 30.4 Å². The Labute approximate surface area is 239 Å². The lowest BCUT2D eigenvalue weighted by Crippen LogP contribution is -2.51. The second-order valence-electron chi connectivity index (χ2n) is 12.7. The number of aliphatic hydroxyl groups excluding tert-OH is 2. The maximum atomic E-state index is 12.5. The fourth-order valence-electron chi connectivity index (χ4n) is 8.30. The van der Waals surface area contributed by atoms with Crippen molar-refractivity contribution in [2.75, 3.05) is 11.8 Å². The molecule has 41 heavy (non-hydrogen) atoms. The third kappa shape index (κ3) is 5.48. The first-order valence-electron chi connectivity index (χ1n) is 14.5. The van der Waals surface area contributed by atoms with Crippen LogP contribution in [-0.4, -0.2) is 56.9 Å². The summed E-state index contributed by atoms with van der Waals surface area (Å²) >= 11 is 0. The molecule has 0 bridgehead atoms. The smallest absolute Gasteiger partial charge is 0.329 e. The summed E-state index contributed by atoms with van der Waals surface area (Å²) in [5.74, 6) is -0.447. The summed E-state index contributed by atoms with van der Waals surface area (Å²) in [5.41, 5.74) is 2.10. The Kier molecular flexibility index (Phi) is 8.17. The summed E-state index contributed by atoms with van der Waals surface area (Å²) in [6.07, 6.45) is 8.22. The Morgan fingerprint density at radius 3 is 2.68 bits per heavy atom. The molecule has 0 heterocycles. The molecule has 0 saturated heterocycles. The second-order valence-corrected chi connectivity index (χ2v) is 12.7. The lowest BCUT2D eigenvalue weighted by molar-refractivity contribution is -0.146. The molecule has 4 aliphatic carbocycles. The Balaban J connectivity index is 1.19. The van der Waals surface area contributed by atoms with Crippen molar-refractivity contribution in [3.05, 3.63) is 46.7 Å². The first-order valence-corrected chi connectivity index (χ1v) is 14.5. The third-order valence-corrected chi connectivity index (χ3v) is 10.6. The van der Waals surface area contributed by atoms with E-state index in [-0.39, 0.29) is 28.2 Å². The van der Waals surface area contributed by atoms with Crippen LogP contribution >= 0.6 is 0 Å². The summed E-state index contributed by atoms with van der Waals surface area (Å²) in [7, 11) is 0. The van der Waals surface area contributed by atoms with E-state index in [1.807, 2.05) is 0 Å². The quantitative estimate of drug-likeness (QED) is 0.292. The standard InChI is InChI=1S/C30H40N3O8/c1-29-12-10-19(15-18(29)6-7-21-22-8-9-24(34)30(22,2)13-11-23(21)29)32-41-16-25(35)31-26(28(37)38)27(36)17-4-3-5-20(14-17)33(39)40/h3-5,14-15,21-24,26-27,34,36,39H,6-13,16H2,1-2H3,(H,31,35)(H,37,38)/q-1/t21-,22+,23-,24+,26+,27-,29+,30+/m1/s1. The molecule has 0 unspecified atom stereocenters. The first kappa shape index (κ1) is 29.5. The monoisotopic (exact) mass is 570 g/mol. The number of hydrogen-bond acceptors (Lipinski definition) is 9. The van der Waals surface area contributed by atoms with E-state index in [0.717, 1.165) is 56.7 Å². The lowest BCUT2D eigenvalue weighted by atomic mass is 9.47. The number of rotatable bonds is 8. The maximum absolute atomic E-state index is 12.5. The highest BCUT2D eigenvalue weighted by Crippen LogP contribution is 2.65. The number of carboxylic acid groups (broad SMARTS) is 1. The van der Waals surface area contributed by atoms with Gasteiger partial charge in [0.25, 0.3) is 5.91 Å². The molecule has 8 atom stereocenters. The molecule has 5 N–H and O–H groups in total. The highest BCUT2D eigenvalue weighted by Gasteiger charge is 2.58. The molecule has 0 spiro atoms. The van der Waals surface area contributed by atoms with Crippen molar-refractivity contribution in [3.63, 3.8) is 0 Å². The van der Waals surface area contributed by atoms with Crippen LogP contribution in [0, 0.1) is 33.8 Å². The normalized spacial score (nSPS) is 34.9. The minimum Gasteiger partial charge on any atom is -0.733 e. The van der Waals surface area contributed by atoms with Crippen LogP contribution in [0.2, 0.25) is 0 Å². The van der Waals surface area contributed by atoms with Gasteiger partial charge in [-0.2, -0.15) is 0 Å². The Bertz CT molecular complexity index is 1230. The average molecular weight is 571 g/mol. The lowest BCUT2D eigenvalue weighted by Gasteiger charge is -2.57. The van der Waals surface area contributed by atoms with E-state index in [1.54, 1.807) is 0 Å². The number of anilines is 1. The van der Waals surface area contributed by atoms with Crippen molar-refractivity contribution in [1.29, 1.82) is 0 Å². The van der Waals surface area contributed by atoms with Gasteiger partial charge in [0.15, 0.2) is 12.6 Å². The minimum atomic E-state index is -1.71. The molecule has 11 heteroatoms. The van der Waals surface area contributed by atoms with Crippen molar-refractivity contribution in [1.82, 2.24) is 5.32 Å². The number of aliphatic carboxylic acids is 1. The van der Waals surface area contributed by atoms with Crippen LogP contribution < -0.4 is 10.5 Å². The van der Waals surface area contributed by atoms with Gasteiger partial charge in [0.1, 0.15) is 6.10 Å². The predicted octanol–water partition coefficient (Wildman–Crippen LogP) is 3.68. The van der Waals surface area contributed by atoms with Crippen molar-refractivity contribution in [3.8, 4) is 0 Å². The zero-order valence-corrected chi connectivity index (χ0v) is 23.5. The average Bonchev–Trinajstić information content (AvgIpc) is 3.25. The number of allylic oxidation sites excluding steroid dienone is 2. The van der Waals surface area contributed by atoms with Crippen LogP contribution in [0.25, 0.3) is 0 Å². The Morgan fingerprint density at radius 2 is 1.95 bits per heavy atom. The number of carboxylic acids is 1. The number of fused-ring (bicyclic) bond motifs is 5. The number of amides is 1. The van der Waals surface area contributed by atoms with Gasteiger partial charge in [-0.1, -0.05) is 36.7 Å². The van der Waals surface area contributed by atoms with Gasteiger partial charge in [-0.3, -0.25) is 10.0 Å². The number of nitrogens with one attached hydrogen (secondary N) is 1. The maximum Gasteiger partial charge on any atom is 0.329 e. The van der Waals surface area contributed by atoms with E-state index < -0.39 is 35.9 Å². The zero-order valence-electron chi connectivity index (χ0n) is 23.5. The number of hydrogen-bond donors (Lipinski definition) is 5. The molecular weight excluding hydrogens is 530 g/mol. The topological polar surface area (TPSA) is 175 Å². The summed E-state index contributed by atoms with van der Waals surface area (Å²) in [5, 5.41) is 57.0. The number of carbonyl (C=O) groups excluding carboxylic acids is 1. The van der Waals surface area contributed by atoms with Gasteiger partial charge in [0.2, 0.25) is 0 Å². The summed E-state index contributed by atoms with van der Waals surface area (Å²) in [6.45, 7) is 4.13. The van der Waals surface area contributed by atoms with Gasteiger partial charge in [-0.05, 0) is 104 Å². The summed E-state index contributed by atoms with van der Waals surface area (Å²) in [4.78, 5) is 29.5. The van der Waals surface area contributed by atoms with E-state index in [0.29, 0.717) is 24.2 Å². The molecule has 11 nitrogen and oxygen atoms in total. The zero-order chi connectivity index (χ0) is 29.5. The van der Waals surface area contributed by atoms with Gasteiger partial charge in [0.05, 0.1) is 17.5 Å². The van der Waals surface area contributed by atoms with Gasteiger partial charge in [-0.25, -0.2) is 4.79 Å². The number of oxime groups is 1. The molecule has 4 aliphatic rings. The number of carbonyl (C=O) groups is 2. The summed E-state index contributed by atoms with van der Waals surface area (Å²) in [6, 6.07) is 3.45. The first-order chi connectivity index (χ1) is 19.4. The number of aliphatic hydroxyl groups is 2. The molecule has 0 aromatic heterocycles. The van der Waals surface area contributed by atoms with Crippen molar-refractivity contribution >= 4 is 23.3 Å². The van der Waals surface area contributed by atoms with E-state index in [1.165, 1.54) is 23.8 Å². The SMILES string of the molecule is C[C@]12CC[C@@H]3[C@H](CCC4=CC(=NOCC(=O)N[C@H](C(=O)O)[C@H](O)c5cccc(N([O-])O)c5)CC[C@@]43C)[C@@H]1CC[C@@H]2O. The molecule has 0 aliphatic heterocycles. The number of nitrogens with zero attached hydrogens (tertiary/aromatic N) is 2. The minimum absolute atomic E-state index is 0.0320. The molecule has 1 amide bonds. The molecule has 5 rings (SSSR count). The highest BCUT2D eigenvalue weighted by atomic mass is 16.8. The van der Waals surface area contributed by atoms with E-state index in [9.17, 15) is 30.1 Å². The Hall–Kier alpha value is -2.99. The molecule has 0 radical (unpaired) electrons. The largest absolute Gasteiger partial charge is 0.733 e. The van der Waals surface area contributed by atoms with Crippen molar-refractivity contribution in [2.45, 2.75) is 83.5 Å². The van der Waals surface area contributed by atoms with Crippen LogP contribution in [0.5, 0.6) is 0 Å². The fourth-order valence-corrected chi connectivity index (χ4v) is 8.30. The van der Waals surface area contributed by atoms with Crippen LogP contribution in [0.15, 0.2) is 41.1 Å². The third-order valence-electron chi connectivity index (χ3n) is 10.6. The summed E-state index contributed by atoms with van der Waals surface area (Å²) < 4.78 is 0. The van der Waals surface area contributed by atoms with Crippen molar-refractivity contribution < 1.29 is 35.0 Å². The molecule has 3 fully saturated rings. The van der Waals surface area contributed by atoms with Gasteiger partial charge >= 0.3 is 5.97 Å². The molecule has 224 valence electrons. The predicted molar refractivity (Wildman–Crippen MR) is 150 cm³/mol. The number of benzene rings is 1. The molecule has 1 aromatic rings. The van der Waals surface area contributed by atoms with Crippen molar-refractivity contribution in [2.24, 2.45) is 33.7 Å². The van der Waals surface area contributed by atoms with Gasteiger partial charge in [0, 0.05) is 0 Å². The van der Waals surface area contributed by atoms with E-state index in [4.69, 9.17) is 10.0 Å². The fraction of sp³-hybridized carbons (Fsp3) is 0.633. The Morgan fingerprint density at radius 1 is 1.17 bits per heavy atom. The second kappa shape index (κ2) is 11.4. The van der Waals surface area contributed by atoms with Gasteiger partial charge in [-0.15, -0.1) is 0 Å².